The highest BCUT2D eigenvalue weighted by molar-refractivity contribution is 7.89. The van der Waals surface area contributed by atoms with Crippen LogP contribution in [0.25, 0.3) is 0 Å². The van der Waals surface area contributed by atoms with Gasteiger partial charge in [0.05, 0.1) is 6.26 Å². The summed E-state index contributed by atoms with van der Waals surface area (Å²) >= 11 is 0. The molecule has 1 amide bonds. The summed E-state index contributed by atoms with van der Waals surface area (Å²) in [4.78, 5) is 9.52. The van der Waals surface area contributed by atoms with Gasteiger partial charge in [-0.1, -0.05) is 0 Å². The zero-order valence-electron chi connectivity index (χ0n) is 4.08. The van der Waals surface area contributed by atoms with E-state index in [0.717, 1.165) is 6.26 Å². The lowest BCUT2D eigenvalue weighted by atomic mass is 11.3. The quantitative estimate of drug-likeness (QED) is 0.498. The van der Waals surface area contributed by atoms with Gasteiger partial charge >= 0.3 is 6.09 Å². The molecule has 0 radical (unpaired) electrons. The molecule has 2 N–H and O–H groups in total. The van der Waals surface area contributed by atoms with Crippen molar-refractivity contribution in [2.75, 3.05) is 6.26 Å². The van der Waals surface area contributed by atoms with Crippen molar-refractivity contribution in [1.82, 2.24) is 4.72 Å². The number of hydrogen-bond donors (Lipinski definition) is 2. The first-order valence-electron chi connectivity index (χ1n) is 1.62. The van der Waals surface area contributed by atoms with Gasteiger partial charge in [-0.2, -0.15) is 0 Å². The van der Waals surface area contributed by atoms with E-state index in [1.807, 2.05) is 0 Å². The minimum absolute atomic E-state index is 0.765. The molecule has 5 nitrogen and oxygen atoms in total. The van der Waals surface area contributed by atoms with E-state index >= 15 is 0 Å². The molecule has 0 rings (SSSR count). The first kappa shape index (κ1) is 7.22. The maximum Gasteiger partial charge on any atom is 0.418 e. The predicted octanol–water partition coefficient (Wildman–Crippen LogP) is -0.786. The van der Waals surface area contributed by atoms with Crippen LogP contribution in [0.4, 0.5) is 4.79 Å². The van der Waals surface area contributed by atoms with E-state index in [0.29, 0.717) is 0 Å². The second kappa shape index (κ2) is 1.99. The number of rotatable bonds is 1. The molecule has 0 aliphatic rings. The molecule has 0 saturated heterocycles. The third-order valence-electron chi connectivity index (χ3n) is 0.273. The highest BCUT2D eigenvalue weighted by Gasteiger charge is 2.02. The van der Waals surface area contributed by atoms with Crippen LogP contribution in [0.3, 0.4) is 0 Å². The Hall–Kier alpha value is -0.780. The fourth-order valence-corrected chi connectivity index (χ4v) is 0.476. The van der Waals surface area contributed by atoms with Crippen LogP contribution in [0.1, 0.15) is 0 Å². The maximum absolute atomic E-state index is 9.95. The minimum atomic E-state index is -3.57. The Balaban J connectivity index is 3.95. The second-order valence-corrected chi connectivity index (χ2v) is 2.93. The number of sulfonamides is 1. The molecule has 0 unspecified atom stereocenters. The zero-order chi connectivity index (χ0) is 6.78. The molecule has 0 spiro atoms. The SMILES string of the molecule is CS(=O)(=O)NC(=O)O. The molecular formula is C2H5NO4S. The maximum atomic E-state index is 9.95. The standard InChI is InChI=1S/C2H5NO4S/c1-8(6,7)3-2(4)5/h3H,1H3,(H,4,5). The van der Waals surface area contributed by atoms with Gasteiger partial charge in [0.1, 0.15) is 0 Å². The molecule has 0 saturated carbocycles. The first-order valence-corrected chi connectivity index (χ1v) is 3.51. The Morgan fingerprint density at radius 1 is 1.62 bits per heavy atom. The van der Waals surface area contributed by atoms with Crippen LogP contribution in [0.15, 0.2) is 0 Å². The predicted molar refractivity (Wildman–Crippen MR) is 26.0 cm³/mol. The van der Waals surface area contributed by atoms with Crippen molar-refractivity contribution in [2.24, 2.45) is 0 Å². The number of nitrogens with one attached hydrogen (secondary N) is 1. The van der Waals surface area contributed by atoms with Gasteiger partial charge in [-0.15, -0.1) is 0 Å². The summed E-state index contributed by atoms with van der Waals surface area (Å²) in [7, 11) is -3.57. The van der Waals surface area contributed by atoms with E-state index in [1.165, 1.54) is 4.72 Å². The van der Waals surface area contributed by atoms with E-state index in [4.69, 9.17) is 5.11 Å². The lowest BCUT2D eigenvalue weighted by Gasteiger charge is -1.91. The average molecular weight is 139 g/mol. The van der Waals surface area contributed by atoms with E-state index in [2.05, 4.69) is 0 Å². The summed E-state index contributed by atoms with van der Waals surface area (Å²) in [6, 6.07) is 0. The molecule has 0 atom stereocenters. The fraction of sp³-hybridized carbons (Fsp3) is 0.500. The Bertz CT molecular complexity index is 180. The normalized spacial score (nSPS) is 10.6. The van der Waals surface area contributed by atoms with Crippen LogP contribution in [0.5, 0.6) is 0 Å². The summed E-state index contributed by atoms with van der Waals surface area (Å²) in [5, 5.41) is 7.76. The van der Waals surface area contributed by atoms with Crippen LogP contribution >= 0.6 is 0 Å². The molecule has 0 aromatic carbocycles. The molecule has 48 valence electrons. The minimum Gasteiger partial charge on any atom is -0.464 e. The highest BCUT2D eigenvalue weighted by atomic mass is 32.2. The molecule has 0 fully saturated rings. The number of amides is 1. The molecule has 0 aromatic heterocycles. The third-order valence-corrected chi connectivity index (χ3v) is 0.818. The Morgan fingerprint density at radius 2 is 2.00 bits per heavy atom. The van der Waals surface area contributed by atoms with Crippen molar-refractivity contribution < 1.29 is 18.3 Å². The Morgan fingerprint density at radius 3 is 2.00 bits per heavy atom. The molecular weight excluding hydrogens is 134 g/mol. The monoisotopic (exact) mass is 139 g/mol. The van der Waals surface area contributed by atoms with Gasteiger partial charge in [0, 0.05) is 0 Å². The summed E-state index contributed by atoms with van der Waals surface area (Å²) in [6.45, 7) is 0. The molecule has 0 aliphatic carbocycles. The first-order chi connectivity index (χ1) is 3.42. The van der Waals surface area contributed by atoms with Gasteiger partial charge in [-0.3, -0.25) is 0 Å². The summed E-state index contributed by atoms with van der Waals surface area (Å²) in [6.07, 6.45) is -0.797. The highest BCUT2D eigenvalue weighted by Crippen LogP contribution is 1.70. The van der Waals surface area contributed by atoms with E-state index in [-0.39, 0.29) is 0 Å². The van der Waals surface area contributed by atoms with E-state index < -0.39 is 16.1 Å². The Kier molecular flexibility index (Phi) is 1.80. The number of hydrogen-bond acceptors (Lipinski definition) is 3. The molecule has 0 bridgehead atoms. The van der Waals surface area contributed by atoms with Crippen molar-refractivity contribution in [3.05, 3.63) is 0 Å². The van der Waals surface area contributed by atoms with Gasteiger partial charge in [0.15, 0.2) is 0 Å². The molecule has 0 aromatic rings. The van der Waals surface area contributed by atoms with Crippen molar-refractivity contribution in [3.63, 3.8) is 0 Å². The van der Waals surface area contributed by atoms with Crippen molar-refractivity contribution in [3.8, 4) is 0 Å². The molecule has 0 heterocycles. The van der Waals surface area contributed by atoms with Gasteiger partial charge in [-0.25, -0.2) is 17.9 Å². The molecule has 8 heavy (non-hydrogen) atoms. The van der Waals surface area contributed by atoms with Crippen LogP contribution in [0, 0.1) is 0 Å². The lowest BCUT2D eigenvalue weighted by molar-refractivity contribution is 0.201. The van der Waals surface area contributed by atoms with Gasteiger partial charge in [0.25, 0.3) is 0 Å². The van der Waals surface area contributed by atoms with Crippen LogP contribution < -0.4 is 4.72 Å². The fourth-order valence-electron chi connectivity index (χ4n) is 0.159. The molecule has 6 heteroatoms. The van der Waals surface area contributed by atoms with Crippen molar-refractivity contribution in [2.45, 2.75) is 0 Å². The zero-order valence-corrected chi connectivity index (χ0v) is 4.90. The van der Waals surface area contributed by atoms with Gasteiger partial charge in [-0.05, 0) is 0 Å². The second-order valence-electron chi connectivity index (χ2n) is 1.18. The summed E-state index contributed by atoms with van der Waals surface area (Å²) in [5.74, 6) is 0. The van der Waals surface area contributed by atoms with E-state index in [9.17, 15) is 13.2 Å². The summed E-state index contributed by atoms with van der Waals surface area (Å²) in [5.41, 5.74) is 0. The topological polar surface area (TPSA) is 83.5 Å². The molecule has 0 aliphatic heterocycles. The smallest absolute Gasteiger partial charge is 0.418 e. The average Bonchev–Trinajstić information content (AvgIpc) is 1.21. The van der Waals surface area contributed by atoms with Crippen molar-refractivity contribution in [1.29, 1.82) is 0 Å². The van der Waals surface area contributed by atoms with E-state index in [1.54, 1.807) is 0 Å². The Labute approximate surface area is 46.4 Å². The summed E-state index contributed by atoms with van der Waals surface area (Å²) < 4.78 is 21.2. The number of carbonyl (C=O) groups is 1. The van der Waals surface area contributed by atoms with Crippen LogP contribution in [-0.4, -0.2) is 25.9 Å². The van der Waals surface area contributed by atoms with Gasteiger partial charge in [0.2, 0.25) is 10.0 Å². The van der Waals surface area contributed by atoms with Crippen LogP contribution in [-0.2, 0) is 10.0 Å². The third kappa shape index (κ3) is 5.22. The number of carboxylic acid groups (broad SMARTS) is 1. The van der Waals surface area contributed by atoms with Gasteiger partial charge < -0.3 is 5.11 Å². The van der Waals surface area contributed by atoms with Crippen molar-refractivity contribution >= 4 is 16.1 Å². The largest absolute Gasteiger partial charge is 0.464 e. The van der Waals surface area contributed by atoms with Crippen LogP contribution in [0.2, 0.25) is 0 Å². The lowest BCUT2D eigenvalue weighted by Crippen LogP contribution is -2.27.